The summed E-state index contributed by atoms with van der Waals surface area (Å²) in [5.41, 5.74) is 7.69. The fourth-order valence-electron chi connectivity index (χ4n) is 2.30. The maximum absolute atomic E-state index is 6.54. The van der Waals surface area contributed by atoms with E-state index in [4.69, 9.17) is 10.5 Å². The van der Waals surface area contributed by atoms with Crippen LogP contribution in [0.5, 0.6) is 5.75 Å². The second-order valence-electron chi connectivity index (χ2n) is 5.33. The number of benzene rings is 1. The molecule has 112 valence electrons. The third-order valence-corrected chi connectivity index (χ3v) is 7.23. The number of para-hydroxylation sites is 1. The van der Waals surface area contributed by atoms with E-state index < -0.39 is 0 Å². The molecule has 4 unspecified atom stereocenters. The Labute approximate surface area is 131 Å². The molecule has 0 spiro atoms. The minimum Gasteiger partial charge on any atom is -0.493 e. The standard InChI is InChI=1S/C16H25NOS2/c1-4-9-18-14-8-6-5-7-13(14)16(17)15-10-19-11(2)12(3)20-15/h5-8,11-12,15-16H,4,9-10,17H2,1-3H3. The van der Waals surface area contributed by atoms with Crippen molar-refractivity contribution in [1.29, 1.82) is 0 Å². The molecule has 1 saturated heterocycles. The van der Waals surface area contributed by atoms with Gasteiger partial charge in [0.1, 0.15) is 5.75 Å². The lowest BCUT2D eigenvalue weighted by Crippen LogP contribution is -2.34. The number of thioether (sulfide) groups is 2. The van der Waals surface area contributed by atoms with E-state index in [1.807, 2.05) is 35.7 Å². The van der Waals surface area contributed by atoms with Crippen LogP contribution in [0.2, 0.25) is 0 Å². The summed E-state index contributed by atoms with van der Waals surface area (Å²) in [5, 5.41) is 1.85. The summed E-state index contributed by atoms with van der Waals surface area (Å²) in [6, 6.07) is 8.28. The van der Waals surface area contributed by atoms with Gasteiger partial charge in [-0.3, -0.25) is 0 Å². The summed E-state index contributed by atoms with van der Waals surface area (Å²) in [7, 11) is 0. The molecule has 1 aliphatic heterocycles. The van der Waals surface area contributed by atoms with E-state index in [-0.39, 0.29) is 6.04 Å². The summed E-state index contributed by atoms with van der Waals surface area (Å²) in [5.74, 6) is 2.08. The molecule has 0 amide bonds. The van der Waals surface area contributed by atoms with Crippen molar-refractivity contribution in [3.8, 4) is 5.75 Å². The van der Waals surface area contributed by atoms with Crippen LogP contribution < -0.4 is 10.5 Å². The Bertz CT molecular complexity index is 427. The summed E-state index contributed by atoms with van der Waals surface area (Å²) < 4.78 is 5.85. The van der Waals surface area contributed by atoms with Gasteiger partial charge in [-0.25, -0.2) is 0 Å². The van der Waals surface area contributed by atoms with Gasteiger partial charge >= 0.3 is 0 Å². The van der Waals surface area contributed by atoms with Crippen molar-refractivity contribution in [3.63, 3.8) is 0 Å². The molecule has 0 aliphatic carbocycles. The van der Waals surface area contributed by atoms with Gasteiger partial charge in [0, 0.05) is 33.1 Å². The van der Waals surface area contributed by atoms with Crippen molar-refractivity contribution in [2.45, 2.75) is 49.0 Å². The van der Waals surface area contributed by atoms with Gasteiger partial charge in [0.25, 0.3) is 0 Å². The molecule has 1 heterocycles. The monoisotopic (exact) mass is 311 g/mol. The first kappa shape index (κ1) is 16.1. The molecule has 1 fully saturated rings. The molecule has 2 rings (SSSR count). The largest absolute Gasteiger partial charge is 0.493 e. The Morgan fingerprint density at radius 1 is 1.30 bits per heavy atom. The number of nitrogens with two attached hydrogens (primary N) is 1. The average Bonchev–Trinajstić information content (AvgIpc) is 2.47. The van der Waals surface area contributed by atoms with Crippen LogP contribution >= 0.6 is 23.5 Å². The van der Waals surface area contributed by atoms with Crippen LogP contribution in [0.25, 0.3) is 0 Å². The van der Waals surface area contributed by atoms with Crippen molar-refractivity contribution in [2.75, 3.05) is 12.4 Å². The lowest BCUT2D eigenvalue weighted by Gasteiger charge is -2.35. The third-order valence-electron chi connectivity index (χ3n) is 3.71. The zero-order valence-electron chi connectivity index (χ0n) is 12.5. The van der Waals surface area contributed by atoms with Crippen LogP contribution in [0.1, 0.15) is 38.8 Å². The molecule has 4 heteroatoms. The lowest BCUT2D eigenvalue weighted by molar-refractivity contribution is 0.312. The van der Waals surface area contributed by atoms with E-state index in [9.17, 15) is 0 Å². The Morgan fingerprint density at radius 3 is 2.75 bits per heavy atom. The molecule has 1 aromatic carbocycles. The van der Waals surface area contributed by atoms with Crippen molar-refractivity contribution >= 4 is 23.5 Å². The first-order valence-electron chi connectivity index (χ1n) is 7.37. The van der Waals surface area contributed by atoms with Crippen LogP contribution in [0, 0.1) is 0 Å². The van der Waals surface area contributed by atoms with Crippen molar-refractivity contribution < 1.29 is 4.74 Å². The number of rotatable bonds is 5. The highest BCUT2D eigenvalue weighted by molar-refractivity contribution is 8.07. The van der Waals surface area contributed by atoms with Crippen molar-refractivity contribution in [1.82, 2.24) is 0 Å². The third kappa shape index (κ3) is 3.86. The highest BCUT2D eigenvalue weighted by atomic mass is 32.2. The van der Waals surface area contributed by atoms with Gasteiger partial charge in [0.2, 0.25) is 0 Å². The molecular formula is C16H25NOS2. The highest BCUT2D eigenvalue weighted by Crippen LogP contribution is 2.41. The van der Waals surface area contributed by atoms with Gasteiger partial charge in [-0.05, 0) is 12.5 Å². The van der Waals surface area contributed by atoms with Gasteiger partial charge in [-0.2, -0.15) is 23.5 Å². The van der Waals surface area contributed by atoms with E-state index in [0.717, 1.165) is 35.3 Å². The molecule has 1 aromatic rings. The summed E-state index contributed by atoms with van der Waals surface area (Å²) in [4.78, 5) is 0. The molecule has 4 atom stereocenters. The Hall–Kier alpha value is -0.320. The Morgan fingerprint density at radius 2 is 2.05 bits per heavy atom. The van der Waals surface area contributed by atoms with E-state index in [2.05, 4.69) is 32.9 Å². The van der Waals surface area contributed by atoms with E-state index >= 15 is 0 Å². The fraction of sp³-hybridized carbons (Fsp3) is 0.625. The normalized spacial score (nSPS) is 28.1. The zero-order valence-corrected chi connectivity index (χ0v) is 14.2. The van der Waals surface area contributed by atoms with Gasteiger partial charge in [0.05, 0.1) is 6.61 Å². The molecular weight excluding hydrogens is 286 g/mol. The molecule has 0 radical (unpaired) electrons. The maximum atomic E-state index is 6.54. The predicted octanol–water partition coefficient (Wildman–Crippen LogP) is 4.10. The van der Waals surface area contributed by atoms with Crippen molar-refractivity contribution in [2.24, 2.45) is 5.73 Å². The molecule has 0 saturated carbocycles. The Balaban J connectivity index is 2.10. The zero-order chi connectivity index (χ0) is 14.5. The molecule has 2 nitrogen and oxygen atoms in total. The first-order valence-corrected chi connectivity index (χ1v) is 9.37. The van der Waals surface area contributed by atoms with E-state index in [1.165, 1.54) is 0 Å². The quantitative estimate of drug-likeness (QED) is 0.888. The topological polar surface area (TPSA) is 35.2 Å². The van der Waals surface area contributed by atoms with Crippen LogP contribution in [-0.4, -0.2) is 28.1 Å². The second kappa shape index (κ2) is 7.62. The lowest BCUT2D eigenvalue weighted by atomic mass is 10.0. The highest BCUT2D eigenvalue weighted by Gasteiger charge is 2.31. The number of ether oxygens (including phenoxy) is 1. The van der Waals surface area contributed by atoms with Crippen LogP contribution in [0.3, 0.4) is 0 Å². The first-order chi connectivity index (χ1) is 9.63. The van der Waals surface area contributed by atoms with Crippen LogP contribution in [-0.2, 0) is 0 Å². The summed E-state index contributed by atoms with van der Waals surface area (Å²) >= 11 is 4.07. The molecule has 0 bridgehead atoms. The SMILES string of the molecule is CCCOc1ccccc1C(N)C1CSC(C)C(C)S1. The second-order valence-corrected chi connectivity index (χ2v) is 8.36. The summed E-state index contributed by atoms with van der Waals surface area (Å²) in [6.07, 6.45) is 1.02. The smallest absolute Gasteiger partial charge is 0.124 e. The van der Waals surface area contributed by atoms with Crippen LogP contribution in [0.4, 0.5) is 0 Å². The molecule has 0 aromatic heterocycles. The van der Waals surface area contributed by atoms with Gasteiger partial charge in [-0.15, -0.1) is 0 Å². The minimum atomic E-state index is 0.0514. The number of hydrogen-bond acceptors (Lipinski definition) is 4. The van der Waals surface area contributed by atoms with Crippen molar-refractivity contribution in [3.05, 3.63) is 29.8 Å². The Kier molecular flexibility index (Phi) is 6.12. The van der Waals surface area contributed by atoms with E-state index in [1.54, 1.807) is 0 Å². The maximum Gasteiger partial charge on any atom is 0.124 e. The predicted molar refractivity (Wildman–Crippen MR) is 91.9 cm³/mol. The minimum absolute atomic E-state index is 0.0514. The van der Waals surface area contributed by atoms with E-state index in [0.29, 0.717) is 10.5 Å². The average molecular weight is 312 g/mol. The fourth-order valence-corrected chi connectivity index (χ4v) is 5.33. The van der Waals surface area contributed by atoms with Crippen LogP contribution in [0.15, 0.2) is 24.3 Å². The van der Waals surface area contributed by atoms with Gasteiger partial charge in [0.15, 0.2) is 0 Å². The van der Waals surface area contributed by atoms with Gasteiger partial charge < -0.3 is 10.5 Å². The molecule has 20 heavy (non-hydrogen) atoms. The summed E-state index contributed by atoms with van der Waals surface area (Å²) in [6.45, 7) is 7.49. The van der Waals surface area contributed by atoms with Gasteiger partial charge in [-0.1, -0.05) is 39.0 Å². The number of hydrogen-bond donors (Lipinski definition) is 1. The molecule has 2 N–H and O–H groups in total. The molecule has 1 aliphatic rings.